The van der Waals surface area contributed by atoms with Crippen molar-refractivity contribution in [2.75, 3.05) is 0 Å². The van der Waals surface area contributed by atoms with Gasteiger partial charge in [-0.05, 0) is 12.1 Å². The van der Waals surface area contributed by atoms with E-state index in [1.165, 1.54) is 0 Å². The molecular formula is C12H8FN3O6. The zero-order chi connectivity index (χ0) is 16.4. The maximum atomic E-state index is 13.2. The van der Waals surface area contributed by atoms with Gasteiger partial charge in [-0.25, -0.2) is 9.59 Å². The maximum Gasteiger partial charge on any atom is 0.335 e. The number of H-pyrrole nitrogens is 1. The molecule has 0 radical (unpaired) electrons. The molecule has 0 fully saturated rings. The summed E-state index contributed by atoms with van der Waals surface area (Å²) in [4.78, 5) is 45.2. The van der Waals surface area contributed by atoms with E-state index in [-0.39, 0.29) is 11.1 Å². The quantitative estimate of drug-likeness (QED) is 0.617. The predicted molar refractivity (Wildman–Crippen MR) is 70.4 cm³/mol. The number of carboxylic acid groups (broad SMARTS) is 1. The molecule has 2 N–H and O–H groups in total. The molecule has 1 heterocycles. The van der Waals surface area contributed by atoms with Crippen molar-refractivity contribution in [1.82, 2.24) is 9.55 Å². The number of rotatable bonds is 4. The van der Waals surface area contributed by atoms with Crippen molar-refractivity contribution in [3.63, 3.8) is 0 Å². The largest absolute Gasteiger partial charge is 0.478 e. The third kappa shape index (κ3) is 2.90. The highest BCUT2D eigenvalue weighted by Crippen LogP contribution is 2.21. The number of hydrogen-bond donors (Lipinski definition) is 2. The summed E-state index contributed by atoms with van der Waals surface area (Å²) < 4.78 is 13.9. The minimum atomic E-state index is -1.35. The Morgan fingerprint density at radius 1 is 1.41 bits per heavy atom. The number of aromatic nitrogens is 2. The smallest absolute Gasteiger partial charge is 0.335 e. The van der Waals surface area contributed by atoms with Crippen LogP contribution in [0.4, 0.5) is 10.1 Å². The highest BCUT2D eigenvalue weighted by molar-refractivity contribution is 5.88. The molecule has 0 aliphatic carbocycles. The van der Waals surface area contributed by atoms with Gasteiger partial charge in [0.15, 0.2) is 0 Å². The number of aromatic amines is 1. The lowest BCUT2D eigenvalue weighted by Gasteiger charge is -2.06. The number of nitro groups is 1. The summed E-state index contributed by atoms with van der Waals surface area (Å²) in [6, 6.07) is 3.11. The van der Waals surface area contributed by atoms with Crippen LogP contribution in [0.5, 0.6) is 0 Å². The average molecular weight is 309 g/mol. The van der Waals surface area contributed by atoms with Crippen LogP contribution in [-0.2, 0) is 6.54 Å². The van der Waals surface area contributed by atoms with Crippen molar-refractivity contribution in [1.29, 1.82) is 0 Å². The first kappa shape index (κ1) is 15.1. The monoisotopic (exact) mass is 309 g/mol. The van der Waals surface area contributed by atoms with Gasteiger partial charge >= 0.3 is 11.7 Å². The lowest BCUT2D eigenvalue weighted by atomic mass is 10.1. The van der Waals surface area contributed by atoms with Gasteiger partial charge in [-0.2, -0.15) is 4.39 Å². The van der Waals surface area contributed by atoms with E-state index >= 15 is 0 Å². The van der Waals surface area contributed by atoms with Crippen molar-refractivity contribution in [3.05, 3.63) is 72.3 Å². The van der Waals surface area contributed by atoms with E-state index in [0.717, 1.165) is 22.8 Å². The molecule has 2 rings (SSSR count). The second kappa shape index (κ2) is 5.60. The number of halogens is 1. The number of hydrogen-bond acceptors (Lipinski definition) is 5. The molecule has 2 aromatic rings. The van der Waals surface area contributed by atoms with Gasteiger partial charge in [0, 0.05) is 11.6 Å². The van der Waals surface area contributed by atoms with Crippen molar-refractivity contribution >= 4 is 11.7 Å². The van der Waals surface area contributed by atoms with Crippen molar-refractivity contribution in [2.24, 2.45) is 0 Å². The molecule has 9 nitrogen and oxygen atoms in total. The third-order valence-electron chi connectivity index (χ3n) is 2.84. The molecule has 0 saturated carbocycles. The van der Waals surface area contributed by atoms with E-state index in [4.69, 9.17) is 5.11 Å². The fraction of sp³-hybridized carbons (Fsp3) is 0.0833. The van der Waals surface area contributed by atoms with Gasteiger partial charge in [0.25, 0.3) is 11.2 Å². The fourth-order valence-electron chi connectivity index (χ4n) is 1.78. The first-order chi connectivity index (χ1) is 10.3. The summed E-state index contributed by atoms with van der Waals surface area (Å²) >= 11 is 0. The second-order valence-electron chi connectivity index (χ2n) is 4.27. The summed E-state index contributed by atoms with van der Waals surface area (Å²) in [7, 11) is 0. The molecule has 0 spiro atoms. The number of carboxylic acids is 1. The topological polar surface area (TPSA) is 135 Å². The standard InChI is InChI=1S/C12H8FN3O6/c13-8-5-15(12(20)14-10(8)17)4-7-2-1-6(11(18)19)3-9(7)16(21)22/h1-3,5H,4H2,(H,18,19)(H,14,17,20). The van der Waals surface area contributed by atoms with Gasteiger partial charge in [-0.3, -0.25) is 24.5 Å². The maximum absolute atomic E-state index is 13.2. The predicted octanol–water partition coefficient (Wildman–Crippen LogP) is 0.330. The number of nitro benzene ring substituents is 1. The van der Waals surface area contributed by atoms with Crippen LogP contribution in [0.2, 0.25) is 0 Å². The molecular weight excluding hydrogens is 301 g/mol. The molecule has 0 unspecified atom stereocenters. The molecule has 0 aliphatic heterocycles. The number of nitrogens with zero attached hydrogens (tertiary/aromatic N) is 2. The first-order valence-corrected chi connectivity index (χ1v) is 5.79. The Bertz CT molecular complexity index is 885. The molecule has 0 bridgehead atoms. The van der Waals surface area contributed by atoms with E-state index in [2.05, 4.69) is 0 Å². The van der Waals surface area contributed by atoms with E-state index in [1.54, 1.807) is 4.98 Å². The Kier molecular flexibility index (Phi) is 3.84. The Morgan fingerprint density at radius 3 is 2.68 bits per heavy atom. The lowest BCUT2D eigenvalue weighted by Crippen LogP contribution is -2.31. The van der Waals surface area contributed by atoms with E-state index < -0.39 is 40.2 Å². The minimum Gasteiger partial charge on any atom is -0.478 e. The zero-order valence-electron chi connectivity index (χ0n) is 10.8. The van der Waals surface area contributed by atoms with Crippen LogP contribution in [-0.4, -0.2) is 25.6 Å². The van der Waals surface area contributed by atoms with Crippen molar-refractivity contribution in [3.8, 4) is 0 Å². The van der Waals surface area contributed by atoms with Crippen LogP contribution in [0.3, 0.4) is 0 Å². The van der Waals surface area contributed by atoms with E-state index in [1.807, 2.05) is 0 Å². The van der Waals surface area contributed by atoms with Gasteiger partial charge in [0.05, 0.1) is 23.2 Å². The average Bonchev–Trinajstić information content (AvgIpc) is 2.44. The Balaban J connectivity index is 2.52. The number of benzene rings is 1. The zero-order valence-corrected chi connectivity index (χ0v) is 10.8. The lowest BCUT2D eigenvalue weighted by molar-refractivity contribution is -0.385. The van der Waals surface area contributed by atoms with Gasteiger partial charge in [-0.15, -0.1) is 0 Å². The molecule has 114 valence electrons. The normalized spacial score (nSPS) is 10.4. The summed E-state index contributed by atoms with van der Waals surface area (Å²) in [6.45, 7) is -0.400. The number of carbonyl (C=O) groups is 1. The molecule has 0 atom stereocenters. The highest BCUT2D eigenvalue weighted by Gasteiger charge is 2.18. The Morgan fingerprint density at radius 2 is 2.09 bits per heavy atom. The van der Waals surface area contributed by atoms with Gasteiger partial charge in [0.1, 0.15) is 0 Å². The van der Waals surface area contributed by atoms with Crippen molar-refractivity contribution < 1.29 is 19.2 Å². The Hall–Kier alpha value is -3.30. The first-order valence-electron chi connectivity index (χ1n) is 5.79. The molecule has 0 aliphatic rings. The molecule has 10 heteroatoms. The fourth-order valence-corrected chi connectivity index (χ4v) is 1.78. The van der Waals surface area contributed by atoms with Crippen LogP contribution < -0.4 is 11.2 Å². The van der Waals surface area contributed by atoms with Crippen LogP contribution in [0.1, 0.15) is 15.9 Å². The molecule has 0 saturated heterocycles. The van der Waals surface area contributed by atoms with Crippen molar-refractivity contribution in [2.45, 2.75) is 6.54 Å². The van der Waals surface area contributed by atoms with Crippen LogP contribution in [0.25, 0.3) is 0 Å². The van der Waals surface area contributed by atoms with Crippen LogP contribution >= 0.6 is 0 Å². The second-order valence-corrected chi connectivity index (χ2v) is 4.27. The minimum absolute atomic E-state index is 0.0106. The SMILES string of the molecule is O=C(O)c1ccc(Cn2cc(F)c(=O)[nH]c2=O)c([N+](=O)[O-])c1. The van der Waals surface area contributed by atoms with Gasteiger partial charge in [0.2, 0.25) is 5.82 Å². The van der Waals surface area contributed by atoms with Crippen LogP contribution in [0, 0.1) is 15.9 Å². The summed E-state index contributed by atoms with van der Waals surface area (Å²) in [5.74, 6) is -2.56. The molecule has 1 aromatic carbocycles. The van der Waals surface area contributed by atoms with Gasteiger partial charge < -0.3 is 5.11 Å². The number of aromatic carboxylic acids is 1. The van der Waals surface area contributed by atoms with Gasteiger partial charge in [-0.1, -0.05) is 0 Å². The van der Waals surface area contributed by atoms with Crippen LogP contribution in [0.15, 0.2) is 34.0 Å². The summed E-state index contributed by atoms with van der Waals surface area (Å²) in [5, 5.41) is 19.8. The summed E-state index contributed by atoms with van der Waals surface area (Å²) in [5.41, 5.74) is -2.97. The summed E-state index contributed by atoms with van der Waals surface area (Å²) in [6.07, 6.45) is 0.621. The van der Waals surface area contributed by atoms with E-state index in [0.29, 0.717) is 6.20 Å². The number of nitrogens with one attached hydrogen (secondary N) is 1. The molecule has 1 aromatic heterocycles. The third-order valence-corrected chi connectivity index (χ3v) is 2.84. The van der Waals surface area contributed by atoms with E-state index in [9.17, 15) is 28.9 Å². The highest BCUT2D eigenvalue weighted by atomic mass is 19.1. The molecule has 0 amide bonds. The molecule has 22 heavy (non-hydrogen) atoms. The Labute approximate surface area is 120 Å².